The maximum atomic E-state index is 11.6. The van der Waals surface area contributed by atoms with Crippen LogP contribution in [-0.2, 0) is 20.7 Å². The number of nitrogen functional groups attached to an aromatic ring is 1. The first-order valence-corrected chi connectivity index (χ1v) is 11.4. The number of imidazole rings is 1. The molecule has 1 unspecified atom stereocenters. The number of H-pyrrole nitrogens is 1. The normalized spacial score (nSPS) is 21.6. The van der Waals surface area contributed by atoms with E-state index in [4.69, 9.17) is 10.5 Å². The molecule has 0 saturated carbocycles. The molecule has 0 aliphatic carbocycles. The van der Waals surface area contributed by atoms with Crippen LogP contribution in [0.15, 0.2) is 23.3 Å². The number of methoxy groups -OCH3 is 1. The molecular weight excluding hydrogens is 454 g/mol. The molecule has 4 rings (SSSR count). The van der Waals surface area contributed by atoms with Gasteiger partial charge in [-0.15, -0.1) is 0 Å². The Morgan fingerprint density at radius 2 is 1.89 bits per heavy atom. The molecular formula is C24H33N5O6. The van der Waals surface area contributed by atoms with Gasteiger partial charge in [0.1, 0.15) is 12.2 Å². The zero-order chi connectivity index (χ0) is 25.9. The van der Waals surface area contributed by atoms with Crippen LogP contribution >= 0.6 is 0 Å². The quantitative estimate of drug-likeness (QED) is 0.390. The highest BCUT2D eigenvalue weighted by atomic mass is 16.6. The van der Waals surface area contributed by atoms with Crippen molar-refractivity contribution in [2.45, 2.75) is 71.5 Å². The number of benzene rings is 1. The summed E-state index contributed by atoms with van der Waals surface area (Å²) in [5.74, 6) is -0.180. The lowest BCUT2D eigenvalue weighted by atomic mass is 9.98. The minimum atomic E-state index is -1.13. The van der Waals surface area contributed by atoms with E-state index >= 15 is 0 Å². The smallest absolute Gasteiger partial charge is 0.305 e. The lowest BCUT2D eigenvalue weighted by Gasteiger charge is -2.16. The third-order valence-electron chi connectivity index (χ3n) is 6.26. The van der Waals surface area contributed by atoms with Crippen LogP contribution in [0.3, 0.4) is 0 Å². The zero-order valence-electron chi connectivity index (χ0n) is 20.6. The number of aromatic nitrogens is 4. The summed E-state index contributed by atoms with van der Waals surface area (Å²) in [5, 5.41) is 19.6. The van der Waals surface area contributed by atoms with E-state index in [9.17, 15) is 19.8 Å². The molecule has 0 spiro atoms. The number of ether oxygens (including phenoxy) is 2. The Labute approximate surface area is 202 Å². The van der Waals surface area contributed by atoms with Crippen molar-refractivity contribution >= 4 is 23.1 Å². The van der Waals surface area contributed by atoms with Crippen LogP contribution in [0.1, 0.15) is 48.2 Å². The van der Waals surface area contributed by atoms with Gasteiger partial charge in [0.2, 0.25) is 5.95 Å². The van der Waals surface area contributed by atoms with Gasteiger partial charge in [0.05, 0.1) is 19.5 Å². The molecule has 5 N–H and O–H groups in total. The standard InChI is InChI=1S/C14H20O2.C10H13N5O4/c1-10-8-13(9-11(2)12(10)3)6-5-7-14(15)16-4;1-3-5(16)6(17)9(19-3)15-2-12-4-7(15)13-10(11)14-8(4)18/h8-9H,5-7H2,1-4H3;2-3,5-6,9,16-17H,1H3,(H3,11,13,14,18)/t;3-,5?,6+,9-/m.1/s1. The predicted octanol–water partition coefficient (Wildman–Crippen LogP) is 1.45. The molecule has 35 heavy (non-hydrogen) atoms. The fraction of sp³-hybridized carbons (Fsp3) is 0.500. The number of carbonyl (C=O) groups is 1. The van der Waals surface area contributed by atoms with Crippen molar-refractivity contribution in [3.63, 3.8) is 0 Å². The van der Waals surface area contributed by atoms with Gasteiger partial charge >= 0.3 is 5.97 Å². The monoisotopic (exact) mass is 487 g/mol. The Morgan fingerprint density at radius 1 is 1.23 bits per heavy atom. The van der Waals surface area contributed by atoms with Gasteiger partial charge < -0.3 is 25.4 Å². The first-order chi connectivity index (χ1) is 16.5. The molecule has 190 valence electrons. The second-order valence-electron chi connectivity index (χ2n) is 8.77. The van der Waals surface area contributed by atoms with Crippen LogP contribution in [0.5, 0.6) is 0 Å². The number of hydrogen-bond acceptors (Lipinski definition) is 9. The third-order valence-corrected chi connectivity index (χ3v) is 6.26. The van der Waals surface area contributed by atoms with Crippen LogP contribution in [0, 0.1) is 20.8 Å². The van der Waals surface area contributed by atoms with Crippen molar-refractivity contribution in [1.29, 1.82) is 0 Å². The average Bonchev–Trinajstić information content (AvgIpc) is 3.34. The molecule has 0 amide bonds. The van der Waals surface area contributed by atoms with E-state index in [1.807, 2.05) is 0 Å². The van der Waals surface area contributed by atoms with Gasteiger partial charge in [-0.1, -0.05) is 12.1 Å². The number of esters is 1. The van der Waals surface area contributed by atoms with Crippen LogP contribution in [0.25, 0.3) is 11.2 Å². The van der Waals surface area contributed by atoms with Crippen molar-refractivity contribution in [1.82, 2.24) is 19.5 Å². The highest BCUT2D eigenvalue weighted by Crippen LogP contribution is 2.30. The predicted molar refractivity (Wildman–Crippen MR) is 130 cm³/mol. The highest BCUT2D eigenvalue weighted by molar-refractivity contribution is 5.70. The molecule has 1 fully saturated rings. The minimum absolute atomic E-state index is 0.0552. The van der Waals surface area contributed by atoms with E-state index < -0.39 is 30.1 Å². The molecule has 1 aliphatic heterocycles. The number of nitrogens with zero attached hydrogens (tertiary/aromatic N) is 3. The van der Waals surface area contributed by atoms with E-state index in [1.165, 1.54) is 40.3 Å². The van der Waals surface area contributed by atoms with E-state index in [0.717, 1.165) is 12.8 Å². The van der Waals surface area contributed by atoms with Crippen LogP contribution < -0.4 is 11.3 Å². The fourth-order valence-electron chi connectivity index (χ4n) is 4.00. The van der Waals surface area contributed by atoms with E-state index in [0.29, 0.717) is 6.42 Å². The molecule has 1 saturated heterocycles. The molecule has 0 radical (unpaired) electrons. The second-order valence-corrected chi connectivity index (χ2v) is 8.77. The first-order valence-electron chi connectivity index (χ1n) is 11.4. The van der Waals surface area contributed by atoms with Crippen LogP contribution in [0.4, 0.5) is 5.95 Å². The maximum Gasteiger partial charge on any atom is 0.305 e. The summed E-state index contributed by atoms with van der Waals surface area (Å²) in [4.78, 5) is 32.8. The Hall–Kier alpha value is -3.28. The van der Waals surface area contributed by atoms with Gasteiger partial charge in [-0.05, 0) is 62.8 Å². The van der Waals surface area contributed by atoms with Gasteiger partial charge in [-0.2, -0.15) is 4.98 Å². The van der Waals surface area contributed by atoms with E-state index in [2.05, 4.69) is 52.6 Å². The lowest BCUT2D eigenvalue weighted by molar-refractivity contribution is -0.140. The number of aryl methyl sites for hydroxylation is 3. The second kappa shape index (κ2) is 11.0. The molecule has 11 nitrogen and oxygen atoms in total. The summed E-state index contributed by atoms with van der Waals surface area (Å²) >= 11 is 0. The Balaban J connectivity index is 0.000000199. The SMILES string of the molecule is COC(=O)CCCc1cc(C)c(C)c(C)c1.C[C@H]1O[C@@H](n2cnc3c(=O)[nH]c(N)nc32)[C@@H](O)C1O. The number of anilines is 1. The number of aromatic amines is 1. The number of aliphatic hydroxyl groups is 2. The third kappa shape index (κ3) is 5.87. The number of nitrogens with one attached hydrogen (secondary N) is 1. The number of nitrogens with two attached hydrogens (primary N) is 1. The topological polar surface area (TPSA) is 166 Å². The minimum Gasteiger partial charge on any atom is -0.469 e. The van der Waals surface area contributed by atoms with Crippen molar-refractivity contribution in [2.75, 3.05) is 12.8 Å². The first kappa shape index (κ1) is 26.3. The largest absolute Gasteiger partial charge is 0.469 e. The highest BCUT2D eigenvalue weighted by Gasteiger charge is 2.42. The fourth-order valence-corrected chi connectivity index (χ4v) is 4.00. The molecule has 3 aromatic rings. The molecule has 0 bridgehead atoms. The Kier molecular flexibility index (Phi) is 8.26. The average molecular weight is 488 g/mol. The van der Waals surface area contributed by atoms with Crippen LogP contribution in [-0.4, -0.2) is 61.1 Å². The van der Waals surface area contributed by atoms with Gasteiger partial charge in [-0.25, -0.2) is 4.98 Å². The summed E-state index contributed by atoms with van der Waals surface area (Å²) in [6, 6.07) is 4.42. The maximum absolute atomic E-state index is 11.6. The number of aliphatic hydroxyl groups excluding tert-OH is 2. The molecule has 1 aromatic carbocycles. The zero-order valence-corrected chi connectivity index (χ0v) is 20.6. The van der Waals surface area contributed by atoms with Gasteiger partial charge in [0.25, 0.3) is 5.56 Å². The van der Waals surface area contributed by atoms with Crippen molar-refractivity contribution in [3.05, 3.63) is 51.1 Å². The summed E-state index contributed by atoms with van der Waals surface area (Å²) < 4.78 is 11.5. The molecule has 11 heteroatoms. The Bertz CT molecular complexity index is 1230. The van der Waals surface area contributed by atoms with E-state index in [-0.39, 0.29) is 23.1 Å². The Morgan fingerprint density at radius 3 is 2.46 bits per heavy atom. The van der Waals surface area contributed by atoms with Gasteiger partial charge in [0, 0.05) is 6.42 Å². The van der Waals surface area contributed by atoms with Crippen molar-refractivity contribution in [2.24, 2.45) is 0 Å². The summed E-state index contributed by atoms with van der Waals surface area (Å²) in [5.41, 5.74) is 10.6. The number of carbonyl (C=O) groups excluding carboxylic acids is 1. The van der Waals surface area contributed by atoms with Gasteiger partial charge in [-0.3, -0.25) is 19.1 Å². The van der Waals surface area contributed by atoms with Crippen LogP contribution in [0.2, 0.25) is 0 Å². The van der Waals surface area contributed by atoms with Gasteiger partial charge in [0.15, 0.2) is 17.4 Å². The number of rotatable bonds is 5. The summed E-state index contributed by atoms with van der Waals surface area (Å²) in [6.45, 7) is 8.04. The lowest BCUT2D eigenvalue weighted by Crippen LogP contribution is -2.30. The molecule has 3 heterocycles. The summed E-state index contributed by atoms with van der Waals surface area (Å²) in [6.07, 6.45) is 0.0936. The summed E-state index contributed by atoms with van der Waals surface area (Å²) in [7, 11) is 1.43. The number of hydrogen-bond donors (Lipinski definition) is 4. The molecule has 4 atom stereocenters. The molecule has 1 aliphatic rings. The number of fused-ring (bicyclic) bond motifs is 1. The van der Waals surface area contributed by atoms with Crippen molar-refractivity contribution in [3.8, 4) is 0 Å². The van der Waals surface area contributed by atoms with Crippen molar-refractivity contribution < 1.29 is 24.5 Å². The van der Waals surface area contributed by atoms with E-state index in [1.54, 1.807) is 6.92 Å². The molecule has 2 aromatic heterocycles.